The molecule has 1 fully saturated rings. The highest BCUT2D eigenvalue weighted by atomic mass is 32.1. The molecule has 0 bridgehead atoms. The summed E-state index contributed by atoms with van der Waals surface area (Å²) < 4.78 is 19.6. The van der Waals surface area contributed by atoms with E-state index in [9.17, 15) is 4.79 Å². The molecule has 0 saturated heterocycles. The molecule has 5 rings (SSSR count). The number of carbonyl (C=O) groups excluding carboxylic acids is 1. The van der Waals surface area contributed by atoms with E-state index in [2.05, 4.69) is 26.6 Å². The molecule has 164 valence electrons. The van der Waals surface area contributed by atoms with Crippen LogP contribution >= 0.6 is 11.3 Å². The first-order chi connectivity index (χ1) is 15.6. The van der Waals surface area contributed by atoms with Crippen molar-refractivity contribution in [2.24, 2.45) is 5.92 Å². The third kappa shape index (κ3) is 3.67. The maximum Gasteiger partial charge on any atom is 0.294 e. The smallest absolute Gasteiger partial charge is 0.294 e. The van der Waals surface area contributed by atoms with Crippen LogP contribution in [-0.4, -0.2) is 57.0 Å². The zero-order chi connectivity index (χ0) is 22.2. The van der Waals surface area contributed by atoms with E-state index in [0.29, 0.717) is 51.4 Å². The van der Waals surface area contributed by atoms with Gasteiger partial charge in [0.05, 0.1) is 38.6 Å². The second-order valence-corrected chi connectivity index (χ2v) is 8.30. The summed E-state index contributed by atoms with van der Waals surface area (Å²) in [5, 5.41) is 21.1. The standard InChI is InChI=1S/C20H19N7O4S/c1-29-13-5-17(31-10-18(28)22-12-3-11(4-12)7-21)16-6-14(24-26(16)8-13)15-9-27-19(23-15)32-20(25-27)30-2/h5-6,8-9,11-12H,3-4,10H2,1-2H3,(H,22,28). The van der Waals surface area contributed by atoms with Gasteiger partial charge < -0.3 is 19.5 Å². The summed E-state index contributed by atoms with van der Waals surface area (Å²) in [7, 11) is 3.11. The number of rotatable bonds is 7. The van der Waals surface area contributed by atoms with Gasteiger partial charge in [-0.15, -0.1) is 5.10 Å². The molecule has 12 heteroatoms. The molecule has 4 aromatic heterocycles. The summed E-state index contributed by atoms with van der Waals surface area (Å²) in [5.74, 6) is 0.790. The molecule has 1 N–H and O–H groups in total. The van der Waals surface area contributed by atoms with Crippen LogP contribution in [-0.2, 0) is 4.79 Å². The van der Waals surface area contributed by atoms with Gasteiger partial charge in [-0.25, -0.2) is 14.0 Å². The van der Waals surface area contributed by atoms with Crippen LogP contribution in [0.25, 0.3) is 21.9 Å². The van der Waals surface area contributed by atoms with Gasteiger partial charge in [0, 0.05) is 12.1 Å². The molecule has 1 aliphatic carbocycles. The monoisotopic (exact) mass is 453 g/mol. The van der Waals surface area contributed by atoms with E-state index in [0.717, 1.165) is 0 Å². The van der Waals surface area contributed by atoms with E-state index in [4.69, 9.17) is 19.5 Å². The van der Waals surface area contributed by atoms with E-state index in [1.165, 1.54) is 11.3 Å². The first-order valence-electron chi connectivity index (χ1n) is 9.86. The van der Waals surface area contributed by atoms with Gasteiger partial charge >= 0.3 is 0 Å². The number of nitrogens with one attached hydrogen (secondary N) is 1. The number of carbonyl (C=O) groups is 1. The van der Waals surface area contributed by atoms with Crippen molar-refractivity contribution in [1.82, 2.24) is 29.5 Å². The molecule has 4 heterocycles. The van der Waals surface area contributed by atoms with Crippen LogP contribution in [0.3, 0.4) is 0 Å². The number of hydrogen-bond acceptors (Lipinski definition) is 9. The summed E-state index contributed by atoms with van der Waals surface area (Å²) >= 11 is 1.33. The number of nitriles is 1. The van der Waals surface area contributed by atoms with Gasteiger partial charge in [-0.1, -0.05) is 0 Å². The lowest BCUT2D eigenvalue weighted by Crippen LogP contribution is -2.45. The van der Waals surface area contributed by atoms with E-state index < -0.39 is 0 Å². The normalized spacial score (nSPS) is 17.7. The van der Waals surface area contributed by atoms with E-state index in [1.807, 2.05) is 6.07 Å². The minimum absolute atomic E-state index is 0.0268. The zero-order valence-electron chi connectivity index (χ0n) is 17.3. The Bertz CT molecular complexity index is 1310. The van der Waals surface area contributed by atoms with Gasteiger partial charge in [-0.2, -0.15) is 10.4 Å². The molecular formula is C20H19N7O4S. The summed E-state index contributed by atoms with van der Waals surface area (Å²) in [6.07, 6.45) is 4.86. The molecule has 0 aromatic carbocycles. The number of pyridine rings is 1. The first-order valence-corrected chi connectivity index (χ1v) is 10.7. The van der Waals surface area contributed by atoms with E-state index in [-0.39, 0.29) is 24.5 Å². The van der Waals surface area contributed by atoms with Crippen molar-refractivity contribution < 1.29 is 19.0 Å². The van der Waals surface area contributed by atoms with Crippen molar-refractivity contribution in [2.75, 3.05) is 20.8 Å². The Hall–Kier alpha value is -3.85. The van der Waals surface area contributed by atoms with Crippen molar-refractivity contribution in [3.05, 3.63) is 24.5 Å². The van der Waals surface area contributed by atoms with Crippen molar-refractivity contribution in [2.45, 2.75) is 18.9 Å². The largest absolute Gasteiger partial charge is 0.495 e. The number of aromatic nitrogens is 5. The second-order valence-electron chi connectivity index (χ2n) is 7.38. The molecule has 1 saturated carbocycles. The minimum Gasteiger partial charge on any atom is -0.495 e. The minimum atomic E-state index is -0.235. The second kappa shape index (κ2) is 8.01. The molecule has 4 aromatic rings. The van der Waals surface area contributed by atoms with Crippen molar-refractivity contribution >= 4 is 27.7 Å². The van der Waals surface area contributed by atoms with Crippen molar-refractivity contribution in [3.63, 3.8) is 0 Å². The average Bonchev–Trinajstić information content (AvgIpc) is 3.46. The molecular weight excluding hydrogens is 434 g/mol. The number of amides is 1. The molecule has 0 spiro atoms. The SMILES string of the molecule is COc1cc(OCC(=O)NC2CC(C#N)C2)c2cc(-c3cn4nc(OC)sc4n3)nn2c1. The van der Waals surface area contributed by atoms with Gasteiger partial charge in [0.2, 0.25) is 4.96 Å². The van der Waals surface area contributed by atoms with Gasteiger partial charge in [0.25, 0.3) is 11.1 Å². The van der Waals surface area contributed by atoms with Crippen LogP contribution in [0.2, 0.25) is 0 Å². The van der Waals surface area contributed by atoms with Gasteiger partial charge in [-0.3, -0.25) is 4.79 Å². The summed E-state index contributed by atoms with van der Waals surface area (Å²) in [6.45, 7) is -0.152. The maximum absolute atomic E-state index is 12.3. The van der Waals surface area contributed by atoms with Crippen molar-refractivity contribution in [3.8, 4) is 34.1 Å². The predicted molar refractivity (Wildman–Crippen MR) is 114 cm³/mol. The molecule has 0 atom stereocenters. The molecule has 0 aliphatic heterocycles. The Balaban J connectivity index is 1.37. The maximum atomic E-state index is 12.3. The number of imidazole rings is 1. The lowest BCUT2D eigenvalue weighted by atomic mass is 9.81. The fourth-order valence-corrected chi connectivity index (χ4v) is 4.23. The first kappa shape index (κ1) is 20.1. The zero-order valence-corrected chi connectivity index (χ0v) is 18.1. The van der Waals surface area contributed by atoms with Crippen LogP contribution in [0, 0.1) is 17.2 Å². The van der Waals surface area contributed by atoms with Gasteiger partial charge in [0.15, 0.2) is 6.61 Å². The molecule has 1 amide bonds. The van der Waals surface area contributed by atoms with Crippen LogP contribution in [0.15, 0.2) is 24.5 Å². The fraction of sp³-hybridized carbons (Fsp3) is 0.350. The van der Waals surface area contributed by atoms with E-state index >= 15 is 0 Å². The number of methoxy groups -OCH3 is 2. The number of hydrogen-bond donors (Lipinski definition) is 1. The van der Waals surface area contributed by atoms with Gasteiger partial charge in [0.1, 0.15) is 28.4 Å². The highest BCUT2D eigenvalue weighted by Crippen LogP contribution is 2.31. The third-order valence-corrected chi connectivity index (χ3v) is 6.14. The van der Waals surface area contributed by atoms with Crippen LogP contribution in [0.4, 0.5) is 0 Å². The predicted octanol–water partition coefficient (Wildman–Crippen LogP) is 1.92. The summed E-state index contributed by atoms with van der Waals surface area (Å²) in [4.78, 5) is 17.5. The molecule has 0 unspecified atom stereocenters. The third-order valence-electron chi connectivity index (χ3n) is 5.25. The molecule has 1 aliphatic rings. The Labute approximate surface area is 186 Å². The highest BCUT2D eigenvalue weighted by Gasteiger charge is 2.30. The Morgan fingerprint density at radius 2 is 2.06 bits per heavy atom. The van der Waals surface area contributed by atoms with Crippen LogP contribution in [0.1, 0.15) is 12.8 Å². The lowest BCUT2D eigenvalue weighted by molar-refractivity contribution is -0.124. The Kier molecular flexibility index (Phi) is 5.02. The van der Waals surface area contributed by atoms with Crippen LogP contribution < -0.4 is 19.5 Å². The molecule has 32 heavy (non-hydrogen) atoms. The van der Waals surface area contributed by atoms with E-state index in [1.54, 1.807) is 41.7 Å². The topological polar surface area (TPSA) is 128 Å². The number of fused-ring (bicyclic) bond motifs is 2. The Morgan fingerprint density at radius 1 is 1.22 bits per heavy atom. The quantitative estimate of drug-likeness (QED) is 0.449. The summed E-state index contributed by atoms with van der Waals surface area (Å²) in [5.41, 5.74) is 1.94. The number of nitrogens with zero attached hydrogens (tertiary/aromatic N) is 6. The Morgan fingerprint density at radius 3 is 2.78 bits per heavy atom. The lowest BCUT2D eigenvalue weighted by Gasteiger charge is -2.31. The fourth-order valence-electron chi connectivity index (χ4n) is 3.53. The van der Waals surface area contributed by atoms with Gasteiger partial charge in [-0.05, 0) is 30.2 Å². The summed E-state index contributed by atoms with van der Waals surface area (Å²) in [6, 6.07) is 5.78. The highest BCUT2D eigenvalue weighted by molar-refractivity contribution is 7.18. The molecule has 11 nitrogen and oxygen atoms in total. The van der Waals surface area contributed by atoms with Crippen LogP contribution in [0.5, 0.6) is 16.7 Å². The average molecular weight is 453 g/mol. The van der Waals surface area contributed by atoms with Crippen molar-refractivity contribution in [1.29, 1.82) is 5.26 Å². The molecule has 0 radical (unpaired) electrons. The number of ether oxygens (including phenoxy) is 3.